The first-order valence-electron chi connectivity index (χ1n) is 5.88. The third-order valence-electron chi connectivity index (χ3n) is 2.74. The highest BCUT2D eigenvalue weighted by molar-refractivity contribution is 9.10. The maximum atomic E-state index is 12.3. The summed E-state index contributed by atoms with van der Waals surface area (Å²) in [6, 6.07) is 1.59. The molecule has 0 radical (unpaired) electrons. The predicted octanol–water partition coefficient (Wildman–Crippen LogP) is 0.741. The Kier molecular flexibility index (Phi) is 6.29. The van der Waals surface area contributed by atoms with Gasteiger partial charge in [0.25, 0.3) is 0 Å². The fourth-order valence-corrected chi connectivity index (χ4v) is 3.76. The molecule has 7 nitrogen and oxygen atoms in total. The van der Waals surface area contributed by atoms with E-state index >= 15 is 0 Å². The molecule has 3 N–H and O–H groups in total. The Morgan fingerprint density at radius 3 is 2.57 bits per heavy atom. The summed E-state index contributed by atoms with van der Waals surface area (Å²) in [5.74, 6) is -1.23. The summed E-state index contributed by atoms with van der Waals surface area (Å²) >= 11 is 3.14. The summed E-state index contributed by atoms with van der Waals surface area (Å²) in [6.45, 7) is 1.11. The number of rotatable bonds is 7. The van der Waals surface area contributed by atoms with E-state index in [1.807, 2.05) is 0 Å². The van der Waals surface area contributed by atoms with Crippen LogP contribution in [-0.2, 0) is 14.8 Å². The zero-order chi connectivity index (χ0) is 16.2. The zero-order valence-corrected chi connectivity index (χ0v) is 13.9. The Balaban J connectivity index is 3.27. The number of hydrogen-bond donors (Lipinski definition) is 3. The van der Waals surface area contributed by atoms with Crippen molar-refractivity contribution in [3.8, 4) is 0 Å². The third kappa shape index (κ3) is 4.48. The van der Waals surface area contributed by atoms with E-state index < -0.39 is 28.6 Å². The van der Waals surface area contributed by atoms with Crippen LogP contribution >= 0.6 is 15.9 Å². The number of sulfonamides is 1. The summed E-state index contributed by atoms with van der Waals surface area (Å²) < 4.78 is 32.1. The molecule has 0 aromatic heterocycles. The summed E-state index contributed by atoms with van der Waals surface area (Å²) in [5.41, 5.74) is 0.224. The standard InChI is InChI=1S/C12H16BrNO6S/c1-7-10(13)3-8(12(16)17)4-11(7)21(18,19)14-9(5-15)6-20-2/h3-4,9,14-15H,5-6H2,1-2H3,(H,16,17). The average Bonchev–Trinajstić information content (AvgIpc) is 2.40. The van der Waals surface area contributed by atoms with E-state index in [4.69, 9.17) is 14.9 Å². The van der Waals surface area contributed by atoms with Crippen molar-refractivity contribution in [2.24, 2.45) is 0 Å². The van der Waals surface area contributed by atoms with Gasteiger partial charge in [0.2, 0.25) is 10.0 Å². The Morgan fingerprint density at radius 2 is 2.10 bits per heavy atom. The number of aromatic carboxylic acids is 1. The first-order valence-corrected chi connectivity index (χ1v) is 8.16. The maximum absolute atomic E-state index is 12.3. The molecule has 1 aromatic carbocycles. The number of methoxy groups -OCH3 is 1. The lowest BCUT2D eigenvalue weighted by Crippen LogP contribution is -2.40. The number of aliphatic hydroxyl groups is 1. The molecule has 1 rings (SSSR count). The van der Waals surface area contributed by atoms with Gasteiger partial charge in [0.05, 0.1) is 29.7 Å². The van der Waals surface area contributed by atoms with Crippen LogP contribution in [0.5, 0.6) is 0 Å². The minimum atomic E-state index is -3.99. The van der Waals surface area contributed by atoms with E-state index in [-0.39, 0.29) is 17.1 Å². The van der Waals surface area contributed by atoms with Crippen LogP contribution in [0.25, 0.3) is 0 Å². The van der Waals surface area contributed by atoms with Gasteiger partial charge in [-0.25, -0.2) is 17.9 Å². The first kappa shape index (κ1) is 18.1. The van der Waals surface area contributed by atoms with Gasteiger partial charge in [-0.1, -0.05) is 15.9 Å². The first-order chi connectivity index (χ1) is 9.72. The molecule has 0 spiro atoms. The van der Waals surface area contributed by atoms with E-state index in [1.54, 1.807) is 6.92 Å². The number of ether oxygens (including phenoxy) is 1. The molecule has 0 aliphatic carbocycles. The number of aliphatic hydroxyl groups excluding tert-OH is 1. The van der Waals surface area contributed by atoms with Crippen LogP contribution in [0.4, 0.5) is 0 Å². The molecular formula is C12H16BrNO6S. The molecule has 1 aromatic rings. The van der Waals surface area contributed by atoms with E-state index in [9.17, 15) is 13.2 Å². The molecule has 0 aliphatic rings. The molecule has 0 heterocycles. The van der Waals surface area contributed by atoms with Gasteiger partial charge in [-0.05, 0) is 24.6 Å². The highest BCUT2D eigenvalue weighted by Crippen LogP contribution is 2.26. The van der Waals surface area contributed by atoms with Crippen molar-refractivity contribution in [2.45, 2.75) is 17.9 Å². The van der Waals surface area contributed by atoms with E-state index in [2.05, 4.69) is 20.7 Å². The minimum absolute atomic E-state index is 0.00539. The van der Waals surface area contributed by atoms with Crippen LogP contribution in [0.2, 0.25) is 0 Å². The van der Waals surface area contributed by atoms with Gasteiger partial charge >= 0.3 is 5.97 Å². The highest BCUT2D eigenvalue weighted by Gasteiger charge is 2.24. The van der Waals surface area contributed by atoms with Gasteiger partial charge in [-0.15, -0.1) is 0 Å². The van der Waals surface area contributed by atoms with Crippen LogP contribution in [0.3, 0.4) is 0 Å². The maximum Gasteiger partial charge on any atom is 0.335 e. The molecule has 0 bridgehead atoms. The molecule has 9 heteroatoms. The number of benzene rings is 1. The van der Waals surface area contributed by atoms with Crippen LogP contribution in [-0.4, -0.2) is 51.0 Å². The predicted molar refractivity (Wildman–Crippen MR) is 78.9 cm³/mol. The average molecular weight is 382 g/mol. The molecular weight excluding hydrogens is 366 g/mol. The number of carboxylic acids is 1. The molecule has 0 saturated carbocycles. The Morgan fingerprint density at radius 1 is 1.48 bits per heavy atom. The quantitative estimate of drug-likeness (QED) is 0.641. The largest absolute Gasteiger partial charge is 0.478 e. The van der Waals surface area contributed by atoms with E-state index in [1.165, 1.54) is 13.2 Å². The second kappa shape index (κ2) is 7.32. The molecule has 0 saturated heterocycles. The zero-order valence-electron chi connectivity index (χ0n) is 11.5. The van der Waals surface area contributed by atoms with Crippen molar-refractivity contribution in [1.29, 1.82) is 0 Å². The lowest BCUT2D eigenvalue weighted by Gasteiger charge is -2.17. The molecule has 21 heavy (non-hydrogen) atoms. The fraction of sp³-hybridized carbons (Fsp3) is 0.417. The molecule has 118 valence electrons. The molecule has 0 fully saturated rings. The van der Waals surface area contributed by atoms with Crippen molar-refractivity contribution in [3.63, 3.8) is 0 Å². The van der Waals surface area contributed by atoms with E-state index in [0.29, 0.717) is 10.0 Å². The normalized spacial score (nSPS) is 13.1. The van der Waals surface area contributed by atoms with Crippen molar-refractivity contribution < 1.29 is 28.2 Å². The number of carboxylic acid groups (broad SMARTS) is 1. The van der Waals surface area contributed by atoms with Crippen LogP contribution in [0.15, 0.2) is 21.5 Å². The van der Waals surface area contributed by atoms with Gasteiger partial charge in [-0.2, -0.15) is 0 Å². The van der Waals surface area contributed by atoms with Gasteiger partial charge in [-0.3, -0.25) is 0 Å². The van der Waals surface area contributed by atoms with Crippen molar-refractivity contribution in [3.05, 3.63) is 27.7 Å². The van der Waals surface area contributed by atoms with Gasteiger partial charge in [0.1, 0.15) is 0 Å². The molecule has 0 amide bonds. The monoisotopic (exact) mass is 381 g/mol. The summed E-state index contributed by atoms with van der Waals surface area (Å²) in [5, 5.41) is 18.1. The minimum Gasteiger partial charge on any atom is -0.478 e. The van der Waals surface area contributed by atoms with Gasteiger partial charge in [0.15, 0.2) is 0 Å². The molecule has 1 unspecified atom stereocenters. The van der Waals surface area contributed by atoms with Crippen molar-refractivity contribution in [2.75, 3.05) is 20.3 Å². The van der Waals surface area contributed by atoms with Crippen LogP contribution in [0.1, 0.15) is 15.9 Å². The molecule has 1 atom stereocenters. The SMILES string of the molecule is COCC(CO)NS(=O)(=O)c1cc(C(=O)O)cc(Br)c1C. The Bertz CT molecular complexity index is 631. The topological polar surface area (TPSA) is 113 Å². The number of hydrogen-bond acceptors (Lipinski definition) is 5. The Labute approximate surface area is 131 Å². The van der Waals surface area contributed by atoms with E-state index in [0.717, 1.165) is 6.07 Å². The summed E-state index contributed by atoms with van der Waals surface area (Å²) in [6.07, 6.45) is 0. The smallest absolute Gasteiger partial charge is 0.335 e. The lowest BCUT2D eigenvalue weighted by atomic mass is 10.1. The number of halogens is 1. The number of nitrogens with one attached hydrogen (secondary N) is 1. The lowest BCUT2D eigenvalue weighted by molar-refractivity contribution is 0.0696. The second-order valence-corrected chi connectivity index (χ2v) is 6.88. The van der Waals surface area contributed by atoms with Crippen LogP contribution < -0.4 is 4.72 Å². The third-order valence-corrected chi connectivity index (χ3v) is 5.21. The van der Waals surface area contributed by atoms with Gasteiger partial charge < -0.3 is 14.9 Å². The number of carbonyl (C=O) groups is 1. The fourth-order valence-electron chi connectivity index (χ4n) is 1.66. The molecule has 0 aliphatic heterocycles. The van der Waals surface area contributed by atoms with Crippen LogP contribution in [0, 0.1) is 6.92 Å². The second-order valence-electron chi connectivity index (χ2n) is 4.34. The summed E-state index contributed by atoms with van der Waals surface area (Å²) in [4.78, 5) is 10.9. The summed E-state index contributed by atoms with van der Waals surface area (Å²) in [7, 11) is -2.61. The van der Waals surface area contributed by atoms with Crippen molar-refractivity contribution in [1.82, 2.24) is 4.72 Å². The highest BCUT2D eigenvalue weighted by atomic mass is 79.9. The van der Waals surface area contributed by atoms with Gasteiger partial charge in [0, 0.05) is 11.6 Å². The van der Waals surface area contributed by atoms with Crippen molar-refractivity contribution >= 4 is 31.9 Å². The Hall–Kier alpha value is -1.00.